The molecule has 0 spiro atoms. The van der Waals surface area contributed by atoms with Crippen molar-refractivity contribution in [1.29, 1.82) is 0 Å². The molecule has 0 unspecified atom stereocenters. The third-order valence-corrected chi connectivity index (χ3v) is 4.65. The van der Waals surface area contributed by atoms with E-state index in [4.69, 9.17) is 0 Å². The molecule has 0 aromatic rings. The maximum absolute atomic E-state index is 10.0. The van der Waals surface area contributed by atoms with Crippen molar-refractivity contribution in [1.82, 2.24) is 0 Å². The van der Waals surface area contributed by atoms with E-state index in [0.29, 0.717) is 6.61 Å². The van der Waals surface area contributed by atoms with E-state index in [-0.39, 0.29) is 0 Å². The van der Waals surface area contributed by atoms with Crippen LogP contribution in [0.1, 0.15) is 58.3 Å². The van der Waals surface area contributed by atoms with Gasteiger partial charge in [-0.25, -0.2) is 8.42 Å². The fourth-order valence-electron chi connectivity index (χ4n) is 2.92. The number of rotatable bonds is 18. The Hall–Kier alpha value is -1.17. The van der Waals surface area contributed by atoms with Crippen molar-refractivity contribution in [3.05, 3.63) is 50.6 Å². The monoisotopic (exact) mass is 400 g/mol. The highest BCUT2D eigenvalue weighted by Crippen LogP contribution is 2.08. The Morgan fingerprint density at radius 2 is 1.07 bits per heavy atom. The van der Waals surface area contributed by atoms with Gasteiger partial charge in [0.25, 0.3) is 11.0 Å². The van der Waals surface area contributed by atoms with E-state index in [2.05, 4.69) is 37.4 Å². The third kappa shape index (κ3) is 19.4. The Kier molecular flexibility index (Phi) is 22.0. The zero-order valence-electron chi connectivity index (χ0n) is 17.4. The van der Waals surface area contributed by atoms with Gasteiger partial charge in [-0.1, -0.05) is 78.2 Å². The van der Waals surface area contributed by atoms with Crippen molar-refractivity contribution in [2.75, 3.05) is 32.8 Å². The van der Waals surface area contributed by atoms with Crippen molar-refractivity contribution < 1.29 is 17.1 Å². The second kappa shape index (κ2) is 21.1. The summed E-state index contributed by atoms with van der Waals surface area (Å²) in [6.45, 7) is 21.4. The summed E-state index contributed by atoms with van der Waals surface area (Å²) < 4.78 is 25.4. The Morgan fingerprint density at radius 1 is 0.704 bits per heavy atom. The highest BCUT2D eigenvalue weighted by Gasteiger charge is 2.20. The van der Waals surface area contributed by atoms with Crippen LogP contribution in [0.25, 0.3) is 0 Å². The van der Waals surface area contributed by atoms with Crippen LogP contribution >= 0.6 is 0 Å². The zero-order chi connectivity index (χ0) is 20.8. The van der Waals surface area contributed by atoms with Crippen molar-refractivity contribution in [2.45, 2.75) is 58.3 Å². The summed E-state index contributed by atoms with van der Waals surface area (Å²) in [5, 5.41) is 0. The summed E-state index contributed by atoms with van der Waals surface area (Å²) in [4.78, 5) is 0. The van der Waals surface area contributed by atoms with Gasteiger partial charge in [-0.15, -0.1) is 0 Å². The number of hydrogen-bond acceptors (Lipinski definition) is 3. The van der Waals surface area contributed by atoms with E-state index < -0.39 is 11.0 Å². The van der Waals surface area contributed by atoms with E-state index in [1.807, 2.05) is 24.3 Å². The van der Waals surface area contributed by atoms with Crippen molar-refractivity contribution in [2.24, 2.45) is 0 Å². The van der Waals surface area contributed by atoms with Crippen molar-refractivity contribution >= 4 is 11.0 Å². The molecule has 0 rings (SSSR count). The molecule has 0 fully saturated rings. The van der Waals surface area contributed by atoms with Gasteiger partial charge in [-0.3, -0.25) is 4.18 Å². The van der Waals surface area contributed by atoms with Crippen molar-refractivity contribution in [3.63, 3.8) is 0 Å². The molecule has 0 saturated heterocycles. The molecule has 0 atom stereocenters. The lowest BCUT2D eigenvalue weighted by Crippen LogP contribution is -2.48. The Morgan fingerprint density at radius 3 is 1.41 bits per heavy atom. The Labute approximate surface area is 170 Å². The van der Waals surface area contributed by atoms with Gasteiger partial charge in [-0.05, 0) is 30.7 Å². The fourth-order valence-corrected chi connectivity index (χ4v) is 3.20. The molecule has 0 aliphatic heterocycles. The molecule has 0 saturated carbocycles. The van der Waals surface area contributed by atoms with Gasteiger partial charge in [0.05, 0.1) is 32.8 Å². The largest absolute Gasteiger partial charge is 0.311 e. The molecule has 158 valence electrons. The van der Waals surface area contributed by atoms with Gasteiger partial charge in [-0.2, -0.15) is 0 Å². The first-order valence-corrected chi connectivity index (χ1v) is 11.2. The molecule has 0 heterocycles. The summed E-state index contributed by atoms with van der Waals surface area (Å²) in [6, 6.07) is 0. The normalized spacial score (nSPS) is 10.7. The Bertz CT molecular complexity index is 405. The molecule has 0 N–H and O–H groups in total. The quantitative estimate of drug-likeness (QED) is 0.148. The molecule has 0 radical (unpaired) electrons. The lowest BCUT2D eigenvalue weighted by Gasteiger charge is -2.35. The fraction of sp³-hybridized carbons (Fsp3) is 0.636. The smallest absolute Gasteiger partial charge is 0.257 e. The van der Waals surface area contributed by atoms with Crippen LogP contribution in [0.2, 0.25) is 0 Å². The van der Waals surface area contributed by atoms with E-state index in [1.54, 1.807) is 0 Å². The maximum Gasteiger partial charge on any atom is 0.257 e. The standard InChI is InChI=1S/C12H20N.C10H22O3S/c1-5-9-13(10-6-2,11-7-3)12-8-4;1-2-3-4-5-6-7-8-9-10-13-14(11)12/h5-8H,1-4,9-12H2;14H,2-10H2,1H3/q+1;. The summed E-state index contributed by atoms with van der Waals surface area (Å²) >= 11 is 0. The first-order chi connectivity index (χ1) is 13.0. The molecule has 0 aliphatic carbocycles. The van der Waals surface area contributed by atoms with E-state index in [0.717, 1.165) is 43.5 Å². The van der Waals surface area contributed by atoms with Crippen LogP contribution in [0.5, 0.6) is 0 Å². The van der Waals surface area contributed by atoms with Crippen LogP contribution in [0.4, 0.5) is 0 Å². The van der Waals surface area contributed by atoms with Crippen LogP contribution < -0.4 is 0 Å². The predicted molar refractivity (Wildman–Crippen MR) is 119 cm³/mol. The first kappa shape index (κ1) is 28.0. The molecule has 0 amide bonds. The van der Waals surface area contributed by atoms with Gasteiger partial charge in [0.15, 0.2) is 0 Å². The number of unbranched alkanes of at least 4 members (excludes halogenated alkanes) is 7. The Balaban J connectivity index is 0. The van der Waals surface area contributed by atoms with Gasteiger partial charge in [0.1, 0.15) is 0 Å². The molecule has 5 heteroatoms. The van der Waals surface area contributed by atoms with Crippen LogP contribution in [-0.4, -0.2) is 45.7 Å². The second-order valence-electron chi connectivity index (χ2n) is 6.76. The SMILES string of the molecule is C=CC[N+](CC=C)(CC=C)CC=C.CCCCCCCCCCO[SH](=O)=O. The predicted octanol–water partition coefficient (Wildman–Crippen LogP) is 5.22. The molecule has 27 heavy (non-hydrogen) atoms. The maximum atomic E-state index is 10.0. The van der Waals surface area contributed by atoms with Crippen molar-refractivity contribution in [3.8, 4) is 0 Å². The van der Waals surface area contributed by atoms with E-state index in [9.17, 15) is 8.42 Å². The van der Waals surface area contributed by atoms with Crippen LogP contribution in [0.15, 0.2) is 50.6 Å². The third-order valence-electron chi connectivity index (χ3n) is 4.26. The molecular weight excluding hydrogens is 358 g/mol. The minimum Gasteiger partial charge on any atom is -0.311 e. The van der Waals surface area contributed by atoms with E-state index >= 15 is 0 Å². The summed E-state index contributed by atoms with van der Waals surface area (Å²) in [5.41, 5.74) is 0. The summed E-state index contributed by atoms with van der Waals surface area (Å²) in [7, 11) is -2.63. The molecule has 0 aromatic carbocycles. The highest BCUT2D eigenvalue weighted by molar-refractivity contribution is 7.67. The second-order valence-corrected chi connectivity index (χ2v) is 7.46. The molecular formula is C22H42NO3S+. The summed E-state index contributed by atoms with van der Waals surface area (Å²) in [5.74, 6) is 0. The first-order valence-electron chi connectivity index (χ1n) is 10.1. The highest BCUT2D eigenvalue weighted by atomic mass is 32.2. The number of nitrogens with zero attached hydrogens (tertiary/aromatic N) is 1. The van der Waals surface area contributed by atoms with Crippen LogP contribution in [0, 0.1) is 0 Å². The number of quaternary nitrogens is 1. The average molecular weight is 401 g/mol. The molecule has 0 aliphatic rings. The van der Waals surface area contributed by atoms with Crippen LogP contribution in [0.3, 0.4) is 0 Å². The van der Waals surface area contributed by atoms with Gasteiger partial charge in [0, 0.05) is 0 Å². The average Bonchev–Trinajstić information content (AvgIpc) is 2.61. The van der Waals surface area contributed by atoms with Gasteiger partial charge >= 0.3 is 0 Å². The zero-order valence-corrected chi connectivity index (χ0v) is 18.3. The minimum absolute atomic E-state index is 0.355. The minimum atomic E-state index is -2.63. The molecule has 4 nitrogen and oxygen atoms in total. The lowest BCUT2D eigenvalue weighted by molar-refractivity contribution is -0.906. The number of hydrogen-bond donors (Lipinski definition) is 1. The van der Waals surface area contributed by atoms with E-state index in [1.165, 1.54) is 38.5 Å². The van der Waals surface area contributed by atoms with Crippen LogP contribution in [-0.2, 0) is 15.2 Å². The van der Waals surface area contributed by atoms with Gasteiger partial charge < -0.3 is 4.48 Å². The number of thiol groups is 1. The molecule has 0 bridgehead atoms. The van der Waals surface area contributed by atoms with Gasteiger partial charge in [0.2, 0.25) is 0 Å². The summed E-state index contributed by atoms with van der Waals surface area (Å²) in [6.07, 6.45) is 17.4. The lowest BCUT2D eigenvalue weighted by atomic mass is 10.1. The topological polar surface area (TPSA) is 43.4 Å². The molecule has 0 aromatic heterocycles.